The second-order valence-corrected chi connectivity index (χ2v) is 6.69. The van der Waals surface area contributed by atoms with Gasteiger partial charge in [0.25, 0.3) is 5.91 Å². The van der Waals surface area contributed by atoms with Gasteiger partial charge in [-0.25, -0.2) is 4.79 Å². The first-order chi connectivity index (χ1) is 13.4. The van der Waals surface area contributed by atoms with E-state index in [1.54, 1.807) is 30.8 Å². The molecule has 2 aromatic heterocycles. The summed E-state index contributed by atoms with van der Waals surface area (Å²) >= 11 is 0. The van der Waals surface area contributed by atoms with Gasteiger partial charge in [0.05, 0.1) is 17.5 Å². The van der Waals surface area contributed by atoms with Crippen molar-refractivity contribution < 1.29 is 14.3 Å². The van der Waals surface area contributed by atoms with Crippen molar-refractivity contribution in [1.82, 2.24) is 20.0 Å². The average Bonchev–Trinajstić information content (AvgIpc) is 3.29. The first-order valence-electron chi connectivity index (χ1n) is 9.09. The fourth-order valence-electron chi connectivity index (χ4n) is 2.60. The lowest BCUT2D eigenvalue weighted by Gasteiger charge is -2.07. The van der Waals surface area contributed by atoms with E-state index in [-0.39, 0.29) is 17.5 Å². The summed E-state index contributed by atoms with van der Waals surface area (Å²) in [6, 6.07) is 9.51. The number of hydrogen-bond donors (Lipinski definition) is 2. The molecule has 2 N–H and O–H groups in total. The first-order valence-corrected chi connectivity index (χ1v) is 9.09. The van der Waals surface area contributed by atoms with E-state index < -0.39 is 11.9 Å². The van der Waals surface area contributed by atoms with Crippen molar-refractivity contribution in [3.05, 3.63) is 53.5 Å². The Morgan fingerprint density at radius 3 is 2.61 bits per heavy atom. The molecule has 2 heterocycles. The SMILES string of the molecule is CCn1cc(NC(=O)c2cc(-c3ccc(C)cc3)n[nH]2)c(C(=O)OC(C)C)n1. The molecule has 0 radical (unpaired) electrons. The molecule has 1 amide bonds. The summed E-state index contributed by atoms with van der Waals surface area (Å²) < 4.78 is 6.77. The molecule has 0 unspecified atom stereocenters. The molecular weight excluding hydrogens is 358 g/mol. The van der Waals surface area contributed by atoms with Crippen LogP contribution in [0.5, 0.6) is 0 Å². The van der Waals surface area contributed by atoms with E-state index in [2.05, 4.69) is 20.6 Å². The molecular formula is C20H23N5O3. The molecule has 0 aliphatic carbocycles. The molecule has 0 saturated carbocycles. The van der Waals surface area contributed by atoms with E-state index in [9.17, 15) is 9.59 Å². The smallest absolute Gasteiger partial charge is 0.361 e. The summed E-state index contributed by atoms with van der Waals surface area (Å²) in [5, 5.41) is 13.8. The Kier molecular flexibility index (Phi) is 5.58. The molecule has 0 aliphatic heterocycles. The van der Waals surface area contributed by atoms with Gasteiger partial charge in [-0.2, -0.15) is 10.2 Å². The van der Waals surface area contributed by atoms with Crippen molar-refractivity contribution in [2.75, 3.05) is 5.32 Å². The number of rotatable bonds is 6. The zero-order valence-electron chi connectivity index (χ0n) is 16.3. The van der Waals surface area contributed by atoms with Gasteiger partial charge in [0.2, 0.25) is 0 Å². The largest absolute Gasteiger partial charge is 0.458 e. The summed E-state index contributed by atoms with van der Waals surface area (Å²) in [5.41, 5.74) is 3.36. The minimum atomic E-state index is -0.581. The van der Waals surface area contributed by atoms with Crippen LogP contribution in [-0.2, 0) is 11.3 Å². The van der Waals surface area contributed by atoms with E-state index in [1.807, 2.05) is 38.1 Å². The molecule has 3 aromatic rings. The summed E-state index contributed by atoms with van der Waals surface area (Å²) in [4.78, 5) is 24.9. The van der Waals surface area contributed by atoms with Crippen molar-refractivity contribution in [3.63, 3.8) is 0 Å². The Hall–Kier alpha value is -3.42. The number of ether oxygens (including phenoxy) is 1. The number of nitrogens with one attached hydrogen (secondary N) is 2. The van der Waals surface area contributed by atoms with Gasteiger partial charge >= 0.3 is 5.97 Å². The maximum Gasteiger partial charge on any atom is 0.361 e. The van der Waals surface area contributed by atoms with E-state index in [1.165, 1.54) is 0 Å². The molecule has 0 fully saturated rings. The highest BCUT2D eigenvalue weighted by Crippen LogP contribution is 2.20. The minimum absolute atomic E-state index is 0.0715. The molecule has 0 spiro atoms. The quantitative estimate of drug-likeness (QED) is 0.637. The first kappa shape index (κ1) is 19.3. The van der Waals surface area contributed by atoms with Crippen LogP contribution in [0.25, 0.3) is 11.3 Å². The predicted octanol–water partition coefficient (Wildman–Crippen LogP) is 3.42. The van der Waals surface area contributed by atoms with Crippen LogP contribution in [-0.4, -0.2) is 38.0 Å². The highest BCUT2D eigenvalue weighted by atomic mass is 16.5. The van der Waals surface area contributed by atoms with E-state index in [0.717, 1.165) is 11.1 Å². The Bertz CT molecular complexity index is 986. The highest BCUT2D eigenvalue weighted by Gasteiger charge is 2.22. The second kappa shape index (κ2) is 8.08. The molecule has 28 heavy (non-hydrogen) atoms. The fraction of sp³-hybridized carbons (Fsp3) is 0.300. The lowest BCUT2D eigenvalue weighted by molar-refractivity contribution is 0.0371. The number of amides is 1. The molecule has 8 nitrogen and oxygen atoms in total. The van der Waals surface area contributed by atoms with Gasteiger partial charge in [-0.3, -0.25) is 14.6 Å². The molecule has 8 heteroatoms. The Morgan fingerprint density at radius 1 is 1.25 bits per heavy atom. The molecule has 0 aliphatic rings. The lowest BCUT2D eigenvalue weighted by Crippen LogP contribution is -2.17. The van der Waals surface area contributed by atoms with Gasteiger partial charge in [-0.15, -0.1) is 0 Å². The van der Waals surface area contributed by atoms with Crippen LogP contribution in [0, 0.1) is 6.92 Å². The second-order valence-electron chi connectivity index (χ2n) is 6.69. The highest BCUT2D eigenvalue weighted by molar-refractivity contribution is 6.06. The zero-order chi connectivity index (χ0) is 20.3. The Morgan fingerprint density at radius 2 is 1.96 bits per heavy atom. The summed E-state index contributed by atoms with van der Waals surface area (Å²) in [7, 11) is 0. The number of H-pyrrole nitrogens is 1. The number of anilines is 1. The average molecular weight is 381 g/mol. The van der Waals surface area contributed by atoms with Crippen LogP contribution in [0.3, 0.4) is 0 Å². The summed E-state index contributed by atoms with van der Waals surface area (Å²) in [5.74, 6) is -0.998. The molecule has 146 valence electrons. The number of benzene rings is 1. The number of carbonyl (C=O) groups excluding carboxylic acids is 2. The molecule has 0 atom stereocenters. The number of hydrogen-bond acceptors (Lipinski definition) is 5. The lowest BCUT2D eigenvalue weighted by atomic mass is 10.1. The fourth-order valence-corrected chi connectivity index (χ4v) is 2.60. The third-order valence-corrected chi connectivity index (χ3v) is 4.04. The number of carbonyl (C=O) groups is 2. The van der Waals surface area contributed by atoms with Gasteiger partial charge < -0.3 is 10.1 Å². The van der Waals surface area contributed by atoms with Crippen LogP contribution in [0.2, 0.25) is 0 Å². The van der Waals surface area contributed by atoms with Crippen molar-refractivity contribution in [2.45, 2.75) is 40.3 Å². The van der Waals surface area contributed by atoms with Crippen molar-refractivity contribution in [2.24, 2.45) is 0 Å². The maximum absolute atomic E-state index is 12.6. The molecule has 0 saturated heterocycles. The number of aromatic nitrogens is 4. The molecule has 0 bridgehead atoms. The van der Waals surface area contributed by atoms with Crippen molar-refractivity contribution >= 4 is 17.6 Å². The third-order valence-electron chi connectivity index (χ3n) is 4.04. The number of aromatic amines is 1. The standard InChI is InChI=1S/C20H23N5O3/c1-5-25-11-17(18(24-25)20(27)28-12(2)3)21-19(26)16-10-15(22-23-16)14-8-6-13(4)7-9-14/h6-12H,5H2,1-4H3,(H,21,26)(H,22,23). The van der Waals surface area contributed by atoms with Gasteiger partial charge in [0, 0.05) is 18.3 Å². The van der Waals surface area contributed by atoms with Crippen LogP contribution < -0.4 is 5.32 Å². The van der Waals surface area contributed by atoms with Gasteiger partial charge in [0.15, 0.2) is 5.69 Å². The third kappa shape index (κ3) is 4.28. The van der Waals surface area contributed by atoms with Crippen LogP contribution >= 0.6 is 0 Å². The van der Waals surface area contributed by atoms with E-state index in [0.29, 0.717) is 17.9 Å². The zero-order valence-corrected chi connectivity index (χ0v) is 16.3. The summed E-state index contributed by atoms with van der Waals surface area (Å²) in [6.45, 7) is 7.96. The molecule has 1 aromatic carbocycles. The van der Waals surface area contributed by atoms with E-state index >= 15 is 0 Å². The monoisotopic (exact) mass is 381 g/mol. The van der Waals surface area contributed by atoms with Crippen LogP contribution in [0.1, 0.15) is 47.3 Å². The minimum Gasteiger partial charge on any atom is -0.458 e. The van der Waals surface area contributed by atoms with Crippen molar-refractivity contribution in [3.8, 4) is 11.3 Å². The Balaban J connectivity index is 1.80. The van der Waals surface area contributed by atoms with Gasteiger partial charge in [0.1, 0.15) is 5.69 Å². The topological polar surface area (TPSA) is 102 Å². The maximum atomic E-state index is 12.6. The van der Waals surface area contributed by atoms with Crippen LogP contribution in [0.15, 0.2) is 36.5 Å². The van der Waals surface area contributed by atoms with Gasteiger partial charge in [-0.1, -0.05) is 29.8 Å². The number of esters is 1. The Labute approximate surface area is 162 Å². The number of aryl methyl sites for hydroxylation is 2. The molecule has 3 rings (SSSR count). The predicted molar refractivity (Wildman–Crippen MR) is 105 cm³/mol. The summed E-state index contributed by atoms with van der Waals surface area (Å²) in [6.07, 6.45) is 1.32. The normalized spacial score (nSPS) is 10.9. The van der Waals surface area contributed by atoms with Gasteiger partial charge in [-0.05, 0) is 33.8 Å². The van der Waals surface area contributed by atoms with Crippen LogP contribution in [0.4, 0.5) is 5.69 Å². The van der Waals surface area contributed by atoms with Crippen molar-refractivity contribution in [1.29, 1.82) is 0 Å². The van der Waals surface area contributed by atoms with E-state index in [4.69, 9.17) is 4.74 Å². The number of nitrogens with zero attached hydrogens (tertiary/aromatic N) is 3.